The van der Waals surface area contributed by atoms with E-state index in [1.807, 2.05) is 47.2 Å². The highest BCUT2D eigenvalue weighted by atomic mass is 35.5. The minimum atomic E-state index is 0.332. The van der Waals surface area contributed by atoms with Crippen LogP contribution in [0.5, 0.6) is 5.75 Å². The second-order valence-corrected chi connectivity index (χ2v) is 7.78. The zero-order valence-corrected chi connectivity index (χ0v) is 16.5. The number of ether oxygens (including phenoxy) is 1. The van der Waals surface area contributed by atoms with Crippen LogP contribution in [0, 0.1) is 11.3 Å². The predicted molar refractivity (Wildman–Crippen MR) is 112 cm³/mol. The fraction of sp³-hybridized carbons (Fsp3) is 0.0500. The van der Waals surface area contributed by atoms with E-state index >= 15 is 0 Å². The molecule has 0 unspecified atom stereocenters. The Labute approximate surface area is 169 Å². The summed E-state index contributed by atoms with van der Waals surface area (Å²) in [5, 5.41) is 15.5. The Morgan fingerprint density at radius 3 is 2.85 bits per heavy atom. The molecule has 0 radical (unpaired) electrons. The van der Waals surface area contributed by atoms with Gasteiger partial charge in [-0.3, -0.25) is 0 Å². The number of thiazole rings is 1. The van der Waals surface area contributed by atoms with Crippen molar-refractivity contribution in [3.05, 3.63) is 62.9 Å². The molecule has 0 N–H and O–H groups in total. The van der Waals surface area contributed by atoms with Crippen LogP contribution in [-0.4, -0.2) is 17.1 Å². The normalized spacial score (nSPS) is 11.5. The molecule has 0 aliphatic carbocycles. The second-order valence-electron chi connectivity index (χ2n) is 5.61. The number of allylic oxidation sites excluding steroid dienone is 1. The average molecular weight is 410 g/mol. The Morgan fingerprint density at radius 1 is 1.22 bits per heavy atom. The van der Waals surface area contributed by atoms with Crippen LogP contribution in [0.15, 0.2) is 47.2 Å². The van der Waals surface area contributed by atoms with E-state index in [9.17, 15) is 5.26 Å². The van der Waals surface area contributed by atoms with Crippen LogP contribution in [0.3, 0.4) is 0 Å². The molecule has 4 aromatic rings. The van der Waals surface area contributed by atoms with Gasteiger partial charge in [-0.1, -0.05) is 17.7 Å². The highest BCUT2D eigenvalue weighted by Crippen LogP contribution is 2.31. The standard InChI is InChI=1S/C20H12ClN3OS2/c1-25-15-5-4-12-7-13(19(21)23-16(12)9-15)8-14(10-22)20-24-17(11-27-20)18-3-2-6-26-18/h2-9,11H,1H3/b14-8+. The fourth-order valence-corrected chi connectivity index (χ4v) is 4.35. The smallest absolute Gasteiger partial charge is 0.137 e. The summed E-state index contributed by atoms with van der Waals surface area (Å²) < 4.78 is 5.22. The molecule has 7 heteroatoms. The highest BCUT2D eigenvalue weighted by molar-refractivity contribution is 7.14. The molecule has 4 rings (SSSR count). The van der Waals surface area contributed by atoms with Crippen LogP contribution in [0.1, 0.15) is 10.6 Å². The second kappa shape index (κ2) is 7.49. The molecule has 0 atom stereocenters. The average Bonchev–Trinajstić information content (AvgIpc) is 3.37. The maximum absolute atomic E-state index is 9.62. The van der Waals surface area contributed by atoms with E-state index in [-0.39, 0.29) is 0 Å². The van der Waals surface area contributed by atoms with Crippen molar-refractivity contribution in [3.8, 4) is 22.4 Å². The first kappa shape index (κ1) is 17.7. The van der Waals surface area contributed by atoms with Crippen LogP contribution in [0.25, 0.3) is 33.1 Å². The van der Waals surface area contributed by atoms with Gasteiger partial charge in [-0.2, -0.15) is 5.26 Å². The van der Waals surface area contributed by atoms with Crippen molar-refractivity contribution in [1.82, 2.24) is 9.97 Å². The number of thiophene rings is 1. The summed E-state index contributed by atoms with van der Waals surface area (Å²) in [4.78, 5) is 10.1. The molecule has 0 spiro atoms. The van der Waals surface area contributed by atoms with Crippen LogP contribution in [0.2, 0.25) is 5.15 Å². The molecule has 0 aliphatic heterocycles. The molecule has 4 nitrogen and oxygen atoms in total. The molecular weight excluding hydrogens is 398 g/mol. The van der Waals surface area contributed by atoms with Gasteiger partial charge in [0.15, 0.2) is 0 Å². The largest absolute Gasteiger partial charge is 0.497 e. The van der Waals surface area contributed by atoms with Crippen molar-refractivity contribution in [2.75, 3.05) is 7.11 Å². The summed E-state index contributed by atoms with van der Waals surface area (Å²) in [5.41, 5.74) is 2.75. The number of fused-ring (bicyclic) bond motifs is 1. The van der Waals surface area contributed by atoms with E-state index in [0.717, 1.165) is 27.2 Å². The summed E-state index contributed by atoms with van der Waals surface area (Å²) in [7, 11) is 1.61. The van der Waals surface area contributed by atoms with E-state index in [4.69, 9.17) is 16.3 Å². The summed E-state index contributed by atoms with van der Waals surface area (Å²) in [6.07, 6.45) is 1.73. The lowest BCUT2D eigenvalue weighted by atomic mass is 10.1. The number of methoxy groups -OCH3 is 1. The van der Waals surface area contributed by atoms with E-state index in [0.29, 0.717) is 21.3 Å². The third kappa shape index (κ3) is 3.58. The number of hydrogen-bond acceptors (Lipinski definition) is 6. The molecule has 0 saturated heterocycles. The monoisotopic (exact) mass is 409 g/mol. The number of rotatable bonds is 4. The van der Waals surface area contributed by atoms with Gasteiger partial charge in [0.25, 0.3) is 0 Å². The number of nitriles is 1. The predicted octanol–water partition coefficient (Wildman–Crippen LogP) is 6.15. The number of pyridine rings is 1. The first-order valence-electron chi connectivity index (χ1n) is 7.94. The maximum atomic E-state index is 9.62. The summed E-state index contributed by atoms with van der Waals surface area (Å²) in [6, 6.07) is 13.7. The molecule has 3 heterocycles. The lowest BCUT2D eigenvalue weighted by Gasteiger charge is -2.05. The minimum Gasteiger partial charge on any atom is -0.497 e. The zero-order chi connectivity index (χ0) is 18.8. The molecule has 132 valence electrons. The topological polar surface area (TPSA) is 58.8 Å². The Morgan fingerprint density at radius 2 is 2.11 bits per heavy atom. The van der Waals surface area contributed by atoms with Gasteiger partial charge in [0.1, 0.15) is 22.0 Å². The Bertz CT molecular complexity index is 1190. The van der Waals surface area contributed by atoms with Crippen molar-refractivity contribution in [2.45, 2.75) is 0 Å². The van der Waals surface area contributed by atoms with Crippen LogP contribution in [0.4, 0.5) is 0 Å². The lowest BCUT2D eigenvalue weighted by Crippen LogP contribution is -1.89. The zero-order valence-electron chi connectivity index (χ0n) is 14.1. The Kier molecular flexibility index (Phi) is 4.90. The maximum Gasteiger partial charge on any atom is 0.137 e. The number of benzene rings is 1. The summed E-state index contributed by atoms with van der Waals surface area (Å²) >= 11 is 9.41. The lowest BCUT2D eigenvalue weighted by molar-refractivity contribution is 0.415. The van der Waals surface area contributed by atoms with Crippen LogP contribution >= 0.6 is 34.3 Å². The number of hydrogen-bond donors (Lipinski definition) is 0. The minimum absolute atomic E-state index is 0.332. The number of nitrogens with zero attached hydrogens (tertiary/aromatic N) is 3. The molecule has 0 bridgehead atoms. The van der Waals surface area contributed by atoms with E-state index < -0.39 is 0 Å². The van der Waals surface area contributed by atoms with Gasteiger partial charge < -0.3 is 4.74 Å². The first-order chi connectivity index (χ1) is 13.2. The van der Waals surface area contributed by atoms with Gasteiger partial charge in [0.2, 0.25) is 0 Å². The van der Waals surface area contributed by atoms with Crippen molar-refractivity contribution in [2.24, 2.45) is 0 Å². The molecule has 3 aromatic heterocycles. The van der Waals surface area contributed by atoms with Crippen molar-refractivity contribution in [3.63, 3.8) is 0 Å². The molecule has 0 amide bonds. The quantitative estimate of drug-likeness (QED) is 0.300. The highest BCUT2D eigenvalue weighted by Gasteiger charge is 2.12. The van der Waals surface area contributed by atoms with Crippen molar-refractivity contribution >= 4 is 56.8 Å². The van der Waals surface area contributed by atoms with Crippen molar-refractivity contribution in [1.29, 1.82) is 5.26 Å². The first-order valence-corrected chi connectivity index (χ1v) is 10.1. The van der Waals surface area contributed by atoms with E-state index in [1.165, 1.54) is 11.3 Å². The van der Waals surface area contributed by atoms with Crippen LogP contribution in [-0.2, 0) is 0 Å². The molecule has 0 saturated carbocycles. The van der Waals surface area contributed by atoms with Crippen molar-refractivity contribution < 1.29 is 4.74 Å². The summed E-state index contributed by atoms with van der Waals surface area (Å²) in [6.45, 7) is 0. The Hall–Kier alpha value is -2.72. The molecule has 1 aromatic carbocycles. The van der Waals surface area contributed by atoms with Gasteiger partial charge in [-0.05, 0) is 35.7 Å². The van der Waals surface area contributed by atoms with E-state index in [2.05, 4.69) is 16.0 Å². The van der Waals surface area contributed by atoms with Gasteiger partial charge in [0.05, 0.1) is 28.8 Å². The summed E-state index contributed by atoms with van der Waals surface area (Å²) in [5.74, 6) is 0.718. The molecular formula is C20H12ClN3OS2. The third-order valence-corrected chi connectivity index (χ3v) is 6.00. The number of aromatic nitrogens is 2. The third-order valence-electron chi connectivity index (χ3n) is 3.93. The van der Waals surface area contributed by atoms with E-state index in [1.54, 1.807) is 24.5 Å². The molecule has 0 fully saturated rings. The SMILES string of the molecule is COc1ccc2cc(/C=C(\C#N)c3nc(-c4cccs4)cs3)c(Cl)nc2c1. The van der Waals surface area contributed by atoms with Gasteiger partial charge in [0, 0.05) is 22.4 Å². The van der Waals surface area contributed by atoms with Crippen LogP contribution < -0.4 is 4.74 Å². The van der Waals surface area contributed by atoms with Gasteiger partial charge in [-0.25, -0.2) is 9.97 Å². The van der Waals surface area contributed by atoms with Gasteiger partial charge >= 0.3 is 0 Å². The molecule has 27 heavy (non-hydrogen) atoms. The van der Waals surface area contributed by atoms with Gasteiger partial charge in [-0.15, -0.1) is 22.7 Å². The fourth-order valence-electron chi connectivity index (χ4n) is 2.60. The molecule has 0 aliphatic rings. The number of halogens is 1. The Balaban J connectivity index is 1.74.